The lowest BCUT2D eigenvalue weighted by Crippen LogP contribution is -2.26. The third kappa shape index (κ3) is 3.26. The Morgan fingerprint density at radius 2 is 2.08 bits per heavy atom. The number of nitrogens with zero attached hydrogens (tertiary/aromatic N) is 2. The third-order valence-corrected chi connectivity index (χ3v) is 4.25. The molecule has 0 aliphatic carbocycles. The highest BCUT2D eigenvalue weighted by Crippen LogP contribution is 2.18. The van der Waals surface area contributed by atoms with Gasteiger partial charge in [-0.25, -0.2) is 9.37 Å². The SMILES string of the molecule is Cc1ccc2c(c1)nc(CCNC(=O)c1ccc(F)cc1Cl)n2C. The lowest BCUT2D eigenvalue weighted by molar-refractivity contribution is 0.0954. The van der Waals surface area contributed by atoms with Crippen molar-refractivity contribution in [2.24, 2.45) is 7.05 Å². The average molecular weight is 346 g/mol. The highest BCUT2D eigenvalue weighted by Gasteiger charge is 2.12. The van der Waals surface area contributed by atoms with E-state index in [4.69, 9.17) is 11.6 Å². The number of carbonyl (C=O) groups excluding carboxylic acids is 1. The van der Waals surface area contributed by atoms with Crippen molar-refractivity contribution in [2.75, 3.05) is 6.54 Å². The number of halogens is 2. The molecule has 3 rings (SSSR count). The summed E-state index contributed by atoms with van der Waals surface area (Å²) in [5.41, 5.74) is 3.43. The van der Waals surface area contributed by atoms with E-state index < -0.39 is 5.82 Å². The van der Waals surface area contributed by atoms with E-state index in [9.17, 15) is 9.18 Å². The van der Waals surface area contributed by atoms with Gasteiger partial charge in [0.1, 0.15) is 11.6 Å². The van der Waals surface area contributed by atoms with E-state index >= 15 is 0 Å². The summed E-state index contributed by atoms with van der Waals surface area (Å²) in [6.07, 6.45) is 0.592. The molecule has 124 valence electrons. The number of hydrogen-bond donors (Lipinski definition) is 1. The standard InChI is InChI=1S/C18H17ClFN3O/c1-11-3-6-16-15(9-11)22-17(23(16)2)7-8-21-18(24)13-5-4-12(20)10-14(13)19/h3-6,9-10H,7-8H2,1-2H3,(H,21,24). The molecule has 1 aromatic heterocycles. The van der Waals surface area contributed by atoms with Gasteiger partial charge in [0, 0.05) is 20.0 Å². The number of aromatic nitrogens is 2. The monoisotopic (exact) mass is 345 g/mol. The molecule has 0 aliphatic heterocycles. The van der Waals surface area contributed by atoms with Gasteiger partial charge in [-0.1, -0.05) is 17.7 Å². The topological polar surface area (TPSA) is 46.9 Å². The van der Waals surface area contributed by atoms with Gasteiger partial charge in [0.05, 0.1) is 21.6 Å². The van der Waals surface area contributed by atoms with Crippen molar-refractivity contribution in [3.8, 4) is 0 Å². The predicted molar refractivity (Wildman–Crippen MR) is 92.9 cm³/mol. The fraction of sp³-hybridized carbons (Fsp3) is 0.222. The first-order chi connectivity index (χ1) is 11.5. The molecule has 0 saturated heterocycles. The number of benzene rings is 2. The maximum absolute atomic E-state index is 13.0. The Morgan fingerprint density at radius 3 is 2.83 bits per heavy atom. The van der Waals surface area contributed by atoms with Gasteiger partial charge in [0.15, 0.2) is 0 Å². The fourth-order valence-corrected chi connectivity index (χ4v) is 2.89. The molecule has 24 heavy (non-hydrogen) atoms. The van der Waals surface area contributed by atoms with Crippen LogP contribution < -0.4 is 5.32 Å². The maximum Gasteiger partial charge on any atom is 0.252 e. The number of rotatable bonds is 4. The average Bonchev–Trinajstić information content (AvgIpc) is 2.82. The summed E-state index contributed by atoms with van der Waals surface area (Å²) in [5.74, 6) is 0.0993. The Labute approximate surface area is 144 Å². The summed E-state index contributed by atoms with van der Waals surface area (Å²) in [7, 11) is 1.96. The Hall–Kier alpha value is -2.40. The van der Waals surface area contributed by atoms with Crippen LogP contribution in [0.3, 0.4) is 0 Å². The fourth-order valence-electron chi connectivity index (χ4n) is 2.64. The van der Waals surface area contributed by atoms with Crippen molar-refractivity contribution >= 4 is 28.5 Å². The van der Waals surface area contributed by atoms with Gasteiger partial charge in [-0.15, -0.1) is 0 Å². The Kier molecular flexibility index (Phi) is 4.53. The molecule has 1 N–H and O–H groups in total. The molecule has 1 heterocycles. The van der Waals surface area contributed by atoms with Crippen LogP contribution in [0.2, 0.25) is 5.02 Å². The summed E-state index contributed by atoms with van der Waals surface area (Å²) >= 11 is 5.90. The first kappa shape index (κ1) is 16.5. The van der Waals surface area contributed by atoms with Gasteiger partial charge in [-0.05, 0) is 42.8 Å². The quantitative estimate of drug-likeness (QED) is 0.784. The number of aryl methyl sites for hydroxylation is 2. The molecular formula is C18H17ClFN3O. The molecule has 2 aromatic carbocycles. The van der Waals surface area contributed by atoms with Crippen LogP contribution in [0, 0.1) is 12.7 Å². The van der Waals surface area contributed by atoms with Crippen LogP contribution in [0.15, 0.2) is 36.4 Å². The molecule has 0 fully saturated rings. The molecule has 3 aromatic rings. The molecule has 1 amide bonds. The van der Waals surface area contributed by atoms with Crippen LogP contribution in [0.25, 0.3) is 11.0 Å². The van der Waals surface area contributed by atoms with Crippen LogP contribution in [0.4, 0.5) is 4.39 Å². The van der Waals surface area contributed by atoms with E-state index in [1.807, 2.05) is 36.7 Å². The zero-order valence-corrected chi connectivity index (χ0v) is 14.2. The van der Waals surface area contributed by atoms with E-state index in [1.165, 1.54) is 12.1 Å². The minimum Gasteiger partial charge on any atom is -0.352 e. The maximum atomic E-state index is 13.0. The molecule has 0 unspecified atom stereocenters. The van der Waals surface area contributed by atoms with E-state index in [0.717, 1.165) is 28.5 Å². The minimum absolute atomic E-state index is 0.103. The van der Waals surface area contributed by atoms with Gasteiger partial charge in [0.2, 0.25) is 0 Å². The summed E-state index contributed by atoms with van der Waals surface area (Å²) < 4.78 is 15.1. The van der Waals surface area contributed by atoms with Crippen molar-refractivity contribution in [3.63, 3.8) is 0 Å². The zero-order chi connectivity index (χ0) is 17.3. The molecule has 0 spiro atoms. The zero-order valence-electron chi connectivity index (χ0n) is 13.4. The third-order valence-electron chi connectivity index (χ3n) is 3.94. The molecular weight excluding hydrogens is 329 g/mol. The van der Waals surface area contributed by atoms with Crippen LogP contribution in [-0.4, -0.2) is 22.0 Å². The highest BCUT2D eigenvalue weighted by molar-refractivity contribution is 6.33. The lowest BCUT2D eigenvalue weighted by Gasteiger charge is -2.07. The molecule has 6 heteroatoms. The van der Waals surface area contributed by atoms with E-state index in [1.54, 1.807) is 0 Å². The van der Waals surface area contributed by atoms with Gasteiger partial charge >= 0.3 is 0 Å². The van der Waals surface area contributed by atoms with Crippen molar-refractivity contribution in [1.82, 2.24) is 14.9 Å². The first-order valence-corrected chi connectivity index (χ1v) is 7.98. The first-order valence-electron chi connectivity index (χ1n) is 7.61. The molecule has 0 bridgehead atoms. The van der Waals surface area contributed by atoms with E-state index in [-0.39, 0.29) is 16.5 Å². The largest absolute Gasteiger partial charge is 0.352 e. The summed E-state index contributed by atoms with van der Waals surface area (Å²) in [6.45, 7) is 2.45. The van der Waals surface area contributed by atoms with E-state index in [2.05, 4.69) is 10.3 Å². The lowest BCUT2D eigenvalue weighted by atomic mass is 10.2. The van der Waals surface area contributed by atoms with Gasteiger partial charge in [-0.2, -0.15) is 0 Å². The van der Waals surface area contributed by atoms with Crippen LogP contribution in [0.1, 0.15) is 21.7 Å². The van der Waals surface area contributed by atoms with E-state index in [0.29, 0.717) is 13.0 Å². The second kappa shape index (κ2) is 6.61. The van der Waals surface area contributed by atoms with Crippen LogP contribution >= 0.6 is 11.6 Å². The predicted octanol–water partition coefficient (Wildman–Crippen LogP) is 3.65. The summed E-state index contributed by atoms with van der Waals surface area (Å²) in [4.78, 5) is 16.7. The molecule has 0 atom stereocenters. The molecule has 4 nitrogen and oxygen atoms in total. The second-order valence-corrected chi connectivity index (χ2v) is 6.12. The van der Waals surface area contributed by atoms with Crippen LogP contribution in [-0.2, 0) is 13.5 Å². The molecule has 0 aliphatic rings. The number of imidazole rings is 1. The van der Waals surface area contributed by atoms with Crippen molar-refractivity contribution in [2.45, 2.75) is 13.3 Å². The second-order valence-electron chi connectivity index (χ2n) is 5.71. The molecule has 0 saturated carbocycles. The normalized spacial score (nSPS) is 11.0. The molecule has 0 radical (unpaired) electrons. The van der Waals surface area contributed by atoms with Gasteiger partial charge in [-0.3, -0.25) is 4.79 Å². The summed E-state index contributed by atoms with van der Waals surface area (Å²) in [5, 5.41) is 2.89. The number of nitrogens with one attached hydrogen (secondary N) is 1. The van der Waals surface area contributed by atoms with Gasteiger partial charge in [0.25, 0.3) is 5.91 Å². The number of carbonyl (C=O) groups is 1. The number of fused-ring (bicyclic) bond motifs is 1. The highest BCUT2D eigenvalue weighted by atomic mass is 35.5. The minimum atomic E-state index is -0.466. The number of amides is 1. The number of hydrogen-bond acceptors (Lipinski definition) is 2. The Morgan fingerprint density at radius 1 is 1.29 bits per heavy atom. The summed E-state index contributed by atoms with van der Waals surface area (Å²) in [6, 6.07) is 9.85. The van der Waals surface area contributed by atoms with Crippen LogP contribution in [0.5, 0.6) is 0 Å². The Bertz CT molecular complexity index is 920. The Balaban J connectivity index is 1.68. The van der Waals surface area contributed by atoms with Crippen molar-refractivity contribution < 1.29 is 9.18 Å². The van der Waals surface area contributed by atoms with Crippen molar-refractivity contribution in [3.05, 3.63) is 64.2 Å². The smallest absolute Gasteiger partial charge is 0.252 e. The van der Waals surface area contributed by atoms with Crippen molar-refractivity contribution in [1.29, 1.82) is 0 Å². The van der Waals surface area contributed by atoms with Gasteiger partial charge < -0.3 is 9.88 Å².